The van der Waals surface area contributed by atoms with Crippen LogP contribution in [-0.2, 0) is 25.6 Å². The third-order valence-corrected chi connectivity index (χ3v) is 7.35. The van der Waals surface area contributed by atoms with Gasteiger partial charge in [-0.3, -0.25) is 14.5 Å². The summed E-state index contributed by atoms with van der Waals surface area (Å²) in [5, 5.41) is 2.94. The monoisotopic (exact) mass is 497 g/mol. The number of carbonyl (C=O) groups excluding carboxylic acids is 1. The number of amides is 1. The highest BCUT2D eigenvalue weighted by atomic mass is 32.2. The molecular weight excluding hydrogens is 467 g/mol. The molecule has 1 fully saturated rings. The second kappa shape index (κ2) is 8.55. The summed E-state index contributed by atoms with van der Waals surface area (Å²) < 4.78 is 65.3. The number of anilines is 1. The third kappa shape index (κ3) is 5.21. The summed E-state index contributed by atoms with van der Waals surface area (Å²) in [6.45, 7) is 7.77. The zero-order valence-electron chi connectivity index (χ0n) is 20.0. The number of nitrogens with one attached hydrogen (secondary N) is 2. The lowest BCUT2D eigenvalue weighted by atomic mass is 9.82. The quantitative estimate of drug-likeness (QED) is 0.578. The first-order valence-electron chi connectivity index (χ1n) is 10.9. The van der Waals surface area contributed by atoms with Gasteiger partial charge in [-0.1, -0.05) is 31.2 Å². The maximum absolute atomic E-state index is 13.3. The topological polar surface area (TPSA) is 88.2 Å². The summed E-state index contributed by atoms with van der Waals surface area (Å²) in [5.74, 6) is -0.462. The highest BCUT2D eigenvalue weighted by molar-refractivity contribution is 7.92. The number of pyridine rings is 1. The molecule has 34 heavy (non-hydrogen) atoms. The minimum Gasteiger partial charge on any atom is -0.348 e. The van der Waals surface area contributed by atoms with Gasteiger partial charge in [-0.05, 0) is 56.9 Å². The van der Waals surface area contributed by atoms with Crippen molar-refractivity contribution >= 4 is 21.6 Å². The molecule has 3 rings (SSSR count). The van der Waals surface area contributed by atoms with E-state index in [1.54, 1.807) is 32.0 Å². The zero-order valence-corrected chi connectivity index (χ0v) is 20.9. The van der Waals surface area contributed by atoms with Crippen LogP contribution in [0.2, 0.25) is 0 Å². The summed E-state index contributed by atoms with van der Waals surface area (Å²) in [6, 6.07) is 7.64. The molecule has 186 valence electrons. The molecule has 2 N–H and O–H groups in total. The normalized spacial score (nSPS) is 21.6. The first-order chi connectivity index (χ1) is 15.5. The van der Waals surface area contributed by atoms with Gasteiger partial charge in [-0.15, -0.1) is 0 Å². The van der Waals surface area contributed by atoms with Crippen LogP contribution < -0.4 is 10.0 Å². The second-order valence-electron chi connectivity index (χ2n) is 9.90. The van der Waals surface area contributed by atoms with Gasteiger partial charge in [0.1, 0.15) is 0 Å². The molecule has 0 spiro atoms. The number of aromatic nitrogens is 1. The Bertz CT molecular complexity index is 1190. The van der Waals surface area contributed by atoms with E-state index in [0.717, 1.165) is 25.7 Å². The van der Waals surface area contributed by atoms with E-state index in [0.29, 0.717) is 23.4 Å². The third-order valence-electron chi connectivity index (χ3n) is 6.76. The SMILES string of the molecule is Cc1cc(C(C)NC(=O)C2CC2(C)c2ccc(C(C)(C)C(F)(F)F)cc2)ncc1NS(C)(=O)=O. The van der Waals surface area contributed by atoms with Crippen LogP contribution in [0.3, 0.4) is 0 Å². The van der Waals surface area contributed by atoms with Gasteiger partial charge in [-0.25, -0.2) is 8.42 Å². The van der Waals surface area contributed by atoms with E-state index in [9.17, 15) is 26.4 Å². The molecule has 1 heterocycles. The van der Waals surface area contributed by atoms with Crippen molar-refractivity contribution in [2.45, 2.75) is 64.1 Å². The number of carbonyl (C=O) groups is 1. The first kappa shape index (κ1) is 26.0. The number of aryl methyl sites for hydroxylation is 1. The van der Waals surface area contributed by atoms with Crippen molar-refractivity contribution in [3.05, 3.63) is 58.9 Å². The zero-order chi connectivity index (χ0) is 25.7. The van der Waals surface area contributed by atoms with Crippen molar-refractivity contribution < 1.29 is 26.4 Å². The van der Waals surface area contributed by atoms with E-state index in [1.165, 1.54) is 18.3 Å². The van der Waals surface area contributed by atoms with E-state index in [4.69, 9.17) is 0 Å². The van der Waals surface area contributed by atoms with Crippen LogP contribution in [0.4, 0.5) is 18.9 Å². The predicted molar refractivity (Wildman–Crippen MR) is 125 cm³/mol. The smallest absolute Gasteiger partial charge is 0.348 e. The fourth-order valence-corrected chi connectivity index (χ4v) is 4.62. The summed E-state index contributed by atoms with van der Waals surface area (Å²) in [6.07, 6.45) is -1.29. The lowest BCUT2D eigenvalue weighted by molar-refractivity contribution is -0.180. The molecule has 1 aliphatic rings. The molecule has 0 radical (unpaired) electrons. The number of hydrogen-bond donors (Lipinski definition) is 2. The van der Waals surface area contributed by atoms with Crippen molar-refractivity contribution in [1.82, 2.24) is 10.3 Å². The molecule has 1 aliphatic carbocycles. The lowest BCUT2D eigenvalue weighted by Crippen LogP contribution is -2.36. The average molecular weight is 498 g/mol. The lowest BCUT2D eigenvalue weighted by Gasteiger charge is -2.28. The highest BCUT2D eigenvalue weighted by Crippen LogP contribution is 2.54. The van der Waals surface area contributed by atoms with E-state index in [-0.39, 0.29) is 17.4 Å². The Morgan fingerprint density at radius 3 is 2.29 bits per heavy atom. The van der Waals surface area contributed by atoms with Crippen LogP contribution in [-0.4, -0.2) is 31.7 Å². The van der Waals surface area contributed by atoms with Crippen molar-refractivity contribution in [2.75, 3.05) is 11.0 Å². The highest BCUT2D eigenvalue weighted by Gasteiger charge is 2.56. The van der Waals surface area contributed by atoms with Crippen LogP contribution in [0.1, 0.15) is 62.5 Å². The minimum absolute atomic E-state index is 0.160. The number of benzene rings is 1. The van der Waals surface area contributed by atoms with E-state index in [1.807, 2.05) is 6.92 Å². The Hall–Kier alpha value is -2.62. The Labute approximate surface area is 198 Å². The van der Waals surface area contributed by atoms with Gasteiger partial charge in [0, 0.05) is 11.3 Å². The minimum atomic E-state index is -4.36. The van der Waals surface area contributed by atoms with E-state index >= 15 is 0 Å². The predicted octanol–water partition coefficient (Wildman–Crippen LogP) is 4.76. The summed E-state index contributed by atoms with van der Waals surface area (Å²) in [4.78, 5) is 17.2. The Morgan fingerprint density at radius 2 is 1.79 bits per heavy atom. The van der Waals surface area contributed by atoms with Crippen LogP contribution in [0.15, 0.2) is 36.5 Å². The maximum atomic E-state index is 13.3. The van der Waals surface area contributed by atoms with Crippen molar-refractivity contribution in [2.24, 2.45) is 5.92 Å². The molecule has 2 aromatic rings. The molecule has 3 unspecified atom stereocenters. The molecule has 1 amide bonds. The van der Waals surface area contributed by atoms with Crippen LogP contribution in [0.5, 0.6) is 0 Å². The Balaban J connectivity index is 1.68. The number of rotatable bonds is 7. The van der Waals surface area contributed by atoms with Gasteiger partial charge in [0.25, 0.3) is 0 Å². The number of halogens is 3. The Morgan fingerprint density at radius 1 is 1.21 bits per heavy atom. The molecule has 0 saturated heterocycles. The summed E-state index contributed by atoms with van der Waals surface area (Å²) in [7, 11) is -3.43. The Kier molecular flexibility index (Phi) is 6.54. The van der Waals surface area contributed by atoms with Gasteiger partial charge in [-0.2, -0.15) is 13.2 Å². The first-order valence-corrected chi connectivity index (χ1v) is 12.8. The van der Waals surface area contributed by atoms with Gasteiger partial charge >= 0.3 is 6.18 Å². The van der Waals surface area contributed by atoms with E-state index in [2.05, 4.69) is 15.0 Å². The van der Waals surface area contributed by atoms with E-state index < -0.39 is 33.1 Å². The molecular formula is C24H30F3N3O3S. The van der Waals surface area contributed by atoms with Gasteiger partial charge in [0.2, 0.25) is 15.9 Å². The number of alkyl halides is 3. The standard InChI is InChI=1S/C24H30F3N3O3S/c1-14-11-19(28-13-20(14)30-34(6,32)33)15(2)29-21(31)18-12-23(18,5)17-9-7-16(8-10-17)22(3,4)24(25,26)27/h7-11,13,15,18,30H,12H2,1-6H3,(H,29,31). The molecule has 3 atom stereocenters. The molecule has 0 aliphatic heterocycles. The molecule has 1 aromatic heterocycles. The average Bonchev–Trinajstić information content (AvgIpc) is 3.41. The fraction of sp³-hybridized carbons (Fsp3) is 0.500. The van der Waals surface area contributed by atoms with Crippen molar-refractivity contribution in [1.29, 1.82) is 0 Å². The summed E-state index contributed by atoms with van der Waals surface area (Å²) in [5.41, 5.74) is 0.235. The molecule has 0 bridgehead atoms. The maximum Gasteiger partial charge on any atom is 0.397 e. The van der Waals surface area contributed by atoms with Gasteiger partial charge in [0.15, 0.2) is 0 Å². The largest absolute Gasteiger partial charge is 0.397 e. The fourth-order valence-electron chi connectivity index (χ4n) is 4.01. The number of nitrogens with zero attached hydrogens (tertiary/aromatic N) is 1. The van der Waals surface area contributed by atoms with Gasteiger partial charge in [0.05, 0.1) is 35.3 Å². The molecule has 1 saturated carbocycles. The molecule has 10 heteroatoms. The van der Waals surface area contributed by atoms with Crippen molar-refractivity contribution in [3.63, 3.8) is 0 Å². The van der Waals surface area contributed by atoms with Gasteiger partial charge < -0.3 is 5.32 Å². The van der Waals surface area contributed by atoms with Crippen molar-refractivity contribution in [3.8, 4) is 0 Å². The van der Waals surface area contributed by atoms with Crippen LogP contribution in [0.25, 0.3) is 0 Å². The molecule has 6 nitrogen and oxygen atoms in total. The second-order valence-corrected chi connectivity index (χ2v) is 11.7. The van der Waals surface area contributed by atoms with Crippen LogP contribution in [0, 0.1) is 12.8 Å². The number of hydrogen-bond acceptors (Lipinski definition) is 4. The number of sulfonamides is 1. The summed E-state index contributed by atoms with van der Waals surface area (Å²) >= 11 is 0. The van der Waals surface area contributed by atoms with Crippen LogP contribution >= 0.6 is 0 Å². The molecule has 1 aromatic carbocycles.